The Labute approximate surface area is 148 Å². The molecule has 2 N–H and O–H groups in total. The van der Waals surface area contributed by atoms with E-state index in [1.54, 1.807) is 12.1 Å². The molecule has 0 aliphatic carbocycles. The molecule has 1 aromatic rings. The van der Waals surface area contributed by atoms with Gasteiger partial charge in [0.05, 0.1) is 6.04 Å². The number of hydrogen-bond acceptors (Lipinski definition) is 3. The Balaban J connectivity index is 1.74. The number of amides is 3. The van der Waals surface area contributed by atoms with E-state index in [2.05, 4.69) is 29.4 Å². The lowest BCUT2D eigenvalue weighted by Gasteiger charge is -2.19. The fourth-order valence-electron chi connectivity index (χ4n) is 2.98. The normalized spacial score (nSPS) is 17.2. The van der Waals surface area contributed by atoms with Crippen molar-refractivity contribution in [1.29, 1.82) is 0 Å². The predicted molar refractivity (Wildman–Crippen MR) is 96.1 cm³/mol. The SMILES string of the molecule is CCN(CC)CCCNC(=O)NC1CC(=O)N(c2cccc(F)c2)C1. The van der Waals surface area contributed by atoms with Crippen molar-refractivity contribution in [3.8, 4) is 0 Å². The lowest BCUT2D eigenvalue weighted by molar-refractivity contribution is -0.117. The smallest absolute Gasteiger partial charge is 0.315 e. The fraction of sp³-hybridized carbons (Fsp3) is 0.556. The minimum atomic E-state index is -0.382. The molecule has 25 heavy (non-hydrogen) atoms. The van der Waals surface area contributed by atoms with Crippen LogP contribution in [0.15, 0.2) is 24.3 Å². The molecule has 3 amide bonds. The first-order valence-electron chi connectivity index (χ1n) is 8.86. The zero-order valence-corrected chi connectivity index (χ0v) is 14.9. The molecule has 1 aliphatic rings. The maximum absolute atomic E-state index is 13.3. The van der Waals surface area contributed by atoms with Gasteiger partial charge in [-0.1, -0.05) is 19.9 Å². The second-order valence-corrected chi connectivity index (χ2v) is 6.17. The zero-order valence-electron chi connectivity index (χ0n) is 14.9. The second kappa shape index (κ2) is 9.36. The van der Waals surface area contributed by atoms with Crippen molar-refractivity contribution in [1.82, 2.24) is 15.5 Å². The highest BCUT2D eigenvalue weighted by Gasteiger charge is 2.31. The van der Waals surface area contributed by atoms with Crippen LogP contribution in [0.3, 0.4) is 0 Å². The van der Waals surface area contributed by atoms with Crippen molar-refractivity contribution >= 4 is 17.6 Å². The highest BCUT2D eigenvalue weighted by Crippen LogP contribution is 2.22. The van der Waals surface area contributed by atoms with E-state index in [-0.39, 0.29) is 30.2 Å². The summed E-state index contributed by atoms with van der Waals surface area (Å²) >= 11 is 0. The van der Waals surface area contributed by atoms with Gasteiger partial charge in [-0.2, -0.15) is 0 Å². The summed E-state index contributed by atoms with van der Waals surface area (Å²) in [6, 6.07) is 5.40. The van der Waals surface area contributed by atoms with Gasteiger partial charge >= 0.3 is 6.03 Å². The Kier molecular flexibility index (Phi) is 7.18. The first-order valence-corrected chi connectivity index (χ1v) is 8.86. The average Bonchev–Trinajstić information content (AvgIpc) is 2.95. The van der Waals surface area contributed by atoms with E-state index in [0.29, 0.717) is 18.8 Å². The van der Waals surface area contributed by atoms with Gasteiger partial charge in [0.1, 0.15) is 5.82 Å². The number of hydrogen-bond donors (Lipinski definition) is 2. The number of benzene rings is 1. The molecule has 0 spiro atoms. The molecule has 2 rings (SSSR count). The van der Waals surface area contributed by atoms with Crippen LogP contribution in [0.4, 0.5) is 14.9 Å². The summed E-state index contributed by atoms with van der Waals surface area (Å²) in [7, 11) is 0. The molecule has 0 aromatic heterocycles. The molecule has 1 aromatic carbocycles. The molecular weight excluding hydrogens is 323 g/mol. The summed E-state index contributed by atoms with van der Waals surface area (Å²) in [5.41, 5.74) is 0.522. The number of urea groups is 1. The number of carbonyl (C=O) groups excluding carboxylic acids is 2. The molecule has 0 bridgehead atoms. The van der Waals surface area contributed by atoms with Gasteiger partial charge in [-0.05, 0) is 44.3 Å². The minimum absolute atomic E-state index is 0.113. The van der Waals surface area contributed by atoms with Gasteiger partial charge in [-0.25, -0.2) is 9.18 Å². The highest BCUT2D eigenvalue weighted by atomic mass is 19.1. The van der Waals surface area contributed by atoms with Gasteiger partial charge in [0.15, 0.2) is 0 Å². The van der Waals surface area contributed by atoms with E-state index in [1.165, 1.54) is 17.0 Å². The van der Waals surface area contributed by atoms with Crippen molar-refractivity contribution in [3.05, 3.63) is 30.1 Å². The van der Waals surface area contributed by atoms with Gasteiger partial charge in [0.2, 0.25) is 5.91 Å². The number of anilines is 1. The van der Waals surface area contributed by atoms with Crippen LogP contribution in [0.5, 0.6) is 0 Å². The van der Waals surface area contributed by atoms with Crippen LogP contribution >= 0.6 is 0 Å². The molecular formula is C18H27FN4O2. The standard InChI is InChI=1S/C18H27FN4O2/c1-3-22(4-2)10-6-9-20-18(25)21-15-12-17(24)23(13-15)16-8-5-7-14(19)11-16/h5,7-8,11,15H,3-4,6,9-10,12-13H2,1-2H3,(H2,20,21,25). The van der Waals surface area contributed by atoms with Crippen LogP contribution in [0.1, 0.15) is 26.7 Å². The molecule has 1 atom stereocenters. The molecule has 0 radical (unpaired) electrons. The third kappa shape index (κ3) is 5.70. The summed E-state index contributed by atoms with van der Waals surface area (Å²) in [4.78, 5) is 27.9. The maximum atomic E-state index is 13.3. The quantitative estimate of drug-likeness (QED) is 0.705. The fourth-order valence-corrected chi connectivity index (χ4v) is 2.98. The zero-order chi connectivity index (χ0) is 18.2. The number of nitrogens with zero attached hydrogens (tertiary/aromatic N) is 2. The molecule has 0 saturated carbocycles. The van der Waals surface area contributed by atoms with E-state index in [9.17, 15) is 14.0 Å². The van der Waals surface area contributed by atoms with Crippen molar-refractivity contribution in [2.24, 2.45) is 0 Å². The summed E-state index contributed by atoms with van der Waals surface area (Å²) in [6.45, 7) is 8.14. The Bertz CT molecular complexity index is 592. The molecule has 1 saturated heterocycles. The topological polar surface area (TPSA) is 64.7 Å². The number of halogens is 1. The van der Waals surface area contributed by atoms with Crippen molar-refractivity contribution < 1.29 is 14.0 Å². The third-order valence-electron chi connectivity index (χ3n) is 4.41. The van der Waals surface area contributed by atoms with Crippen molar-refractivity contribution in [2.75, 3.05) is 37.6 Å². The van der Waals surface area contributed by atoms with E-state index >= 15 is 0 Å². The van der Waals surface area contributed by atoms with Crippen LogP contribution < -0.4 is 15.5 Å². The Morgan fingerprint density at radius 2 is 2.12 bits per heavy atom. The summed E-state index contributed by atoms with van der Waals surface area (Å²) in [5.74, 6) is -0.495. The monoisotopic (exact) mass is 350 g/mol. The summed E-state index contributed by atoms with van der Waals surface area (Å²) < 4.78 is 13.3. The van der Waals surface area contributed by atoms with Crippen LogP contribution in [0.25, 0.3) is 0 Å². The lowest BCUT2D eigenvalue weighted by atomic mass is 10.2. The van der Waals surface area contributed by atoms with E-state index in [1.807, 2.05) is 0 Å². The summed E-state index contributed by atoms with van der Waals surface area (Å²) in [5, 5.41) is 5.64. The molecule has 1 aliphatic heterocycles. The molecule has 7 heteroatoms. The Hall–Kier alpha value is -2.15. The first-order chi connectivity index (χ1) is 12.0. The predicted octanol–water partition coefficient (Wildman–Crippen LogP) is 1.96. The van der Waals surface area contributed by atoms with E-state index < -0.39 is 0 Å². The maximum Gasteiger partial charge on any atom is 0.315 e. The second-order valence-electron chi connectivity index (χ2n) is 6.17. The van der Waals surface area contributed by atoms with Crippen molar-refractivity contribution in [2.45, 2.75) is 32.7 Å². The molecule has 1 unspecified atom stereocenters. The summed E-state index contributed by atoms with van der Waals surface area (Å²) in [6.07, 6.45) is 1.11. The molecule has 138 valence electrons. The first kappa shape index (κ1) is 19.2. The van der Waals surface area contributed by atoms with Gasteiger partial charge in [0, 0.05) is 25.2 Å². The molecule has 1 heterocycles. The van der Waals surface area contributed by atoms with Crippen molar-refractivity contribution in [3.63, 3.8) is 0 Å². The van der Waals surface area contributed by atoms with E-state index in [4.69, 9.17) is 0 Å². The van der Waals surface area contributed by atoms with Gasteiger partial charge < -0.3 is 20.4 Å². The molecule has 1 fully saturated rings. The van der Waals surface area contributed by atoms with Gasteiger partial charge in [-0.15, -0.1) is 0 Å². The van der Waals surface area contributed by atoms with Crippen LogP contribution in [0, 0.1) is 5.82 Å². The molecule has 6 nitrogen and oxygen atoms in total. The largest absolute Gasteiger partial charge is 0.338 e. The van der Waals surface area contributed by atoms with Gasteiger partial charge in [-0.3, -0.25) is 4.79 Å². The van der Waals surface area contributed by atoms with Gasteiger partial charge in [0.25, 0.3) is 0 Å². The van der Waals surface area contributed by atoms with Crippen LogP contribution in [0.2, 0.25) is 0 Å². The highest BCUT2D eigenvalue weighted by molar-refractivity contribution is 5.96. The number of nitrogens with one attached hydrogen (secondary N) is 2. The average molecular weight is 350 g/mol. The van der Waals surface area contributed by atoms with Crippen LogP contribution in [-0.2, 0) is 4.79 Å². The number of rotatable bonds is 8. The number of carbonyl (C=O) groups is 2. The van der Waals surface area contributed by atoms with Crippen LogP contribution in [-0.4, -0.2) is 55.6 Å². The third-order valence-corrected chi connectivity index (χ3v) is 4.41. The lowest BCUT2D eigenvalue weighted by Crippen LogP contribution is -2.44. The Morgan fingerprint density at radius 1 is 1.36 bits per heavy atom. The van der Waals surface area contributed by atoms with E-state index in [0.717, 1.165) is 26.1 Å². The Morgan fingerprint density at radius 3 is 2.80 bits per heavy atom. The minimum Gasteiger partial charge on any atom is -0.338 e.